The maximum atomic E-state index is 12.3. The fourth-order valence-corrected chi connectivity index (χ4v) is 1.53. The van der Waals surface area contributed by atoms with Crippen LogP contribution in [0.15, 0.2) is 18.2 Å². The van der Waals surface area contributed by atoms with Crippen molar-refractivity contribution in [2.45, 2.75) is 25.7 Å². The van der Waals surface area contributed by atoms with Gasteiger partial charge in [0.2, 0.25) is 0 Å². The lowest BCUT2D eigenvalue weighted by Gasteiger charge is -2.16. The first-order chi connectivity index (χ1) is 9.45. The molecule has 0 spiro atoms. The summed E-state index contributed by atoms with van der Waals surface area (Å²) < 4.78 is 58.1. The number of ether oxygens (including phenoxy) is 2. The molecule has 0 heterocycles. The van der Waals surface area contributed by atoms with E-state index in [-0.39, 0.29) is 24.6 Å². The van der Waals surface area contributed by atoms with Gasteiger partial charge in [-0.1, -0.05) is 12.1 Å². The molecule has 1 aromatic rings. The van der Waals surface area contributed by atoms with E-state index in [4.69, 9.17) is 9.84 Å². The summed E-state index contributed by atoms with van der Waals surface area (Å²) in [6.07, 6.45) is -4.69. The van der Waals surface area contributed by atoms with E-state index in [9.17, 15) is 17.6 Å². The first-order valence-electron chi connectivity index (χ1n) is 5.73. The van der Waals surface area contributed by atoms with Crippen LogP contribution in [0.25, 0.3) is 0 Å². The SMILES string of the molecule is COc1cccc(CNCC(O)C(F)F)c1OC(F)F. The van der Waals surface area contributed by atoms with Crippen LogP contribution in [0.4, 0.5) is 17.6 Å². The van der Waals surface area contributed by atoms with E-state index >= 15 is 0 Å². The van der Waals surface area contributed by atoms with Crippen molar-refractivity contribution in [3.63, 3.8) is 0 Å². The van der Waals surface area contributed by atoms with Crippen molar-refractivity contribution in [1.29, 1.82) is 0 Å². The number of methoxy groups -OCH3 is 1. The molecule has 0 amide bonds. The molecular weight excluding hydrogens is 282 g/mol. The average Bonchev–Trinajstić information content (AvgIpc) is 2.39. The zero-order valence-corrected chi connectivity index (χ0v) is 10.7. The minimum absolute atomic E-state index is 0.0248. The summed E-state index contributed by atoms with van der Waals surface area (Å²) in [6.45, 7) is -3.43. The van der Waals surface area contributed by atoms with Crippen LogP contribution in [0, 0.1) is 0 Å². The van der Waals surface area contributed by atoms with Crippen LogP contribution in [0.5, 0.6) is 11.5 Å². The van der Waals surface area contributed by atoms with Gasteiger partial charge < -0.3 is 19.9 Å². The molecular formula is C12H15F4NO3. The largest absolute Gasteiger partial charge is 0.493 e. The zero-order chi connectivity index (χ0) is 15.1. The number of benzene rings is 1. The molecule has 0 radical (unpaired) electrons. The lowest BCUT2D eigenvalue weighted by Crippen LogP contribution is -2.31. The Labute approximate surface area is 113 Å². The Morgan fingerprint density at radius 2 is 1.95 bits per heavy atom. The highest BCUT2D eigenvalue weighted by Crippen LogP contribution is 2.32. The van der Waals surface area contributed by atoms with Crippen LogP contribution in [0.3, 0.4) is 0 Å². The molecule has 0 aromatic heterocycles. The van der Waals surface area contributed by atoms with E-state index in [2.05, 4.69) is 10.1 Å². The van der Waals surface area contributed by atoms with Gasteiger partial charge in [-0.15, -0.1) is 0 Å². The molecule has 4 nitrogen and oxygen atoms in total. The van der Waals surface area contributed by atoms with Crippen molar-refractivity contribution in [2.24, 2.45) is 0 Å². The molecule has 0 bridgehead atoms. The van der Waals surface area contributed by atoms with E-state index in [1.54, 1.807) is 6.07 Å². The topological polar surface area (TPSA) is 50.7 Å². The van der Waals surface area contributed by atoms with E-state index in [1.165, 1.54) is 19.2 Å². The van der Waals surface area contributed by atoms with Crippen molar-refractivity contribution < 1.29 is 32.1 Å². The Hall–Kier alpha value is -1.54. The highest BCUT2D eigenvalue weighted by atomic mass is 19.3. The Morgan fingerprint density at radius 1 is 1.25 bits per heavy atom. The number of aliphatic hydroxyl groups excluding tert-OH is 1. The Morgan fingerprint density at radius 3 is 2.50 bits per heavy atom. The van der Waals surface area contributed by atoms with Gasteiger partial charge in [0, 0.05) is 18.7 Å². The fraction of sp³-hybridized carbons (Fsp3) is 0.500. The third-order valence-electron chi connectivity index (χ3n) is 2.45. The first-order valence-corrected chi connectivity index (χ1v) is 5.73. The van der Waals surface area contributed by atoms with Gasteiger partial charge in [-0.3, -0.25) is 0 Å². The molecule has 8 heteroatoms. The smallest absolute Gasteiger partial charge is 0.387 e. The molecule has 2 N–H and O–H groups in total. The minimum atomic E-state index is -3.03. The van der Waals surface area contributed by atoms with Crippen molar-refractivity contribution in [3.8, 4) is 11.5 Å². The third kappa shape index (κ3) is 4.86. The number of halogens is 4. The second-order valence-electron chi connectivity index (χ2n) is 3.86. The number of hydrogen-bond donors (Lipinski definition) is 2. The second-order valence-corrected chi connectivity index (χ2v) is 3.86. The number of rotatable bonds is 8. The number of aliphatic hydroxyl groups is 1. The van der Waals surface area contributed by atoms with Gasteiger partial charge in [0.25, 0.3) is 6.43 Å². The van der Waals surface area contributed by atoms with Gasteiger partial charge >= 0.3 is 6.61 Å². The van der Waals surface area contributed by atoms with E-state index in [1.807, 2.05) is 0 Å². The quantitative estimate of drug-likeness (QED) is 0.721. The summed E-state index contributed by atoms with van der Waals surface area (Å²) in [5.41, 5.74) is 0.311. The maximum Gasteiger partial charge on any atom is 0.387 e. The number of alkyl halides is 4. The summed E-state index contributed by atoms with van der Waals surface area (Å²) >= 11 is 0. The van der Waals surface area contributed by atoms with Crippen LogP contribution in [0.1, 0.15) is 5.56 Å². The number of para-hydroxylation sites is 1. The molecule has 20 heavy (non-hydrogen) atoms. The maximum absolute atomic E-state index is 12.3. The van der Waals surface area contributed by atoms with Crippen molar-refractivity contribution in [2.75, 3.05) is 13.7 Å². The lowest BCUT2D eigenvalue weighted by molar-refractivity contribution is -0.0519. The zero-order valence-electron chi connectivity index (χ0n) is 10.7. The van der Waals surface area contributed by atoms with Crippen LogP contribution < -0.4 is 14.8 Å². The van der Waals surface area contributed by atoms with E-state index in [0.29, 0.717) is 5.56 Å². The van der Waals surface area contributed by atoms with E-state index < -0.39 is 19.1 Å². The Balaban J connectivity index is 2.73. The van der Waals surface area contributed by atoms with Crippen LogP contribution in [0.2, 0.25) is 0 Å². The van der Waals surface area contributed by atoms with Crippen LogP contribution in [-0.4, -0.2) is 37.9 Å². The predicted molar refractivity (Wildman–Crippen MR) is 63.3 cm³/mol. The molecule has 1 rings (SSSR count). The second kappa shape index (κ2) is 7.91. The monoisotopic (exact) mass is 297 g/mol. The average molecular weight is 297 g/mol. The molecule has 114 valence electrons. The molecule has 0 saturated carbocycles. The summed E-state index contributed by atoms with van der Waals surface area (Å²) in [5.74, 6) is -0.0527. The number of hydrogen-bond acceptors (Lipinski definition) is 4. The number of nitrogens with one attached hydrogen (secondary N) is 1. The van der Waals surface area contributed by atoms with Gasteiger partial charge in [0.05, 0.1) is 7.11 Å². The molecule has 1 unspecified atom stereocenters. The van der Waals surface area contributed by atoms with Gasteiger partial charge in [-0.05, 0) is 6.07 Å². The van der Waals surface area contributed by atoms with Crippen LogP contribution in [-0.2, 0) is 6.54 Å². The predicted octanol–water partition coefficient (Wildman–Crippen LogP) is 2.01. The molecule has 0 aliphatic rings. The van der Waals surface area contributed by atoms with Gasteiger partial charge in [-0.2, -0.15) is 8.78 Å². The molecule has 1 aromatic carbocycles. The highest BCUT2D eigenvalue weighted by Gasteiger charge is 2.18. The fourth-order valence-electron chi connectivity index (χ4n) is 1.53. The van der Waals surface area contributed by atoms with Crippen molar-refractivity contribution in [3.05, 3.63) is 23.8 Å². The molecule has 0 saturated heterocycles. The summed E-state index contributed by atoms with van der Waals surface area (Å²) in [6, 6.07) is 4.48. The first kappa shape index (κ1) is 16.5. The third-order valence-corrected chi connectivity index (χ3v) is 2.45. The standard InChI is InChI=1S/C12H15F4NO3/c1-19-9-4-2-3-7(10(9)20-12(15)16)5-17-6-8(18)11(13)14/h2-4,8,11-12,17-18H,5-6H2,1H3. The van der Waals surface area contributed by atoms with Gasteiger partial charge in [0.1, 0.15) is 6.10 Å². The highest BCUT2D eigenvalue weighted by molar-refractivity contribution is 5.46. The van der Waals surface area contributed by atoms with Crippen LogP contribution >= 0.6 is 0 Å². The van der Waals surface area contributed by atoms with Gasteiger partial charge in [-0.25, -0.2) is 8.78 Å². The molecule has 0 fully saturated rings. The van der Waals surface area contributed by atoms with Crippen molar-refractivity contribution >= 4 is 0 Å². The Bertz CT molecular complexity index is 418. The normalized spacial score (nSPS) is 12.8. The minimum Gasteiger partial charge on any atom is -0.493 e. The summed E-state index contributed by atoms with van der Waals surface area (Å²) in [7, 11) is 1.30. The molecule has 1 atom stereocenters. The van der Waals surface area contributed by atoms with Gasteiger partial charge in [0.15, 0.2) is 11.5 Å². The molecule has 0 aliphatic carbocycles. The summed E-state index contributed by atoms with van der Waals surface area (Å²) in [4.78, 5) is 0. The Kier molecular flexibility index (Phi) is 6.53. The molecule has 0 aliphatic heterocycles. The lowest BCUT2D eigenvalue weighted by atomic mass is 10.2. The van der Waals surface area contributed by atoms with Crippen molar-refractivity contribution in [1.82, 2.24) is 5.32 Å². The van der Waals surface area contributed by atoms with E-state index in [0.717, 1.165) is 0 Å². The summed E-state index contributed by atoms with van der Waals surface area (Å²) in [5, 5.41) is 11.5.